The molecule has 2 heteroatoms. The average molecular weight is 229 g/mol. The standard InChI is InChI=1S/C15H19NO/c1-10-8-11(2)15(12(3)9-10)16-13(4)14-6-5-7-17-14/h5-9,13,16H,1-4H3. The first-order valence-electron chi connectivity index (χ1n) is 5.95. The van der Waals surface area contributed by atoms with E-state index in [2.05, 4.69) is 45.1 Å². The third kappa shape index (κ3) is 2.52. The summed E-state index contributed by atoms with van der Waals surface area (Å²) in [5, 5.41) is 3.51. The molecule has 1 unspecified atom stereocenters. The van der Waals surface area contributed by atoms with E-state index in [1.807, 2.05) is 12.1 Å². The predicted molar refractivity (Wildman–Crippen MR) is 71.4 cm³/mol. The summed E-state index contributed by atoms with van der Waals surface area (Å²) in [6.45, 7) is 8.51. The Hall–Kier alpha value is -1.70. The summed E-state index contributed by atoms with van der Waals surface area (Å²) < 4.78 is 5.41. The largest absolute Gasteiger partial charge is 0.467 e. The second-order valence-electron chi connectivity index (χ2n) is 4.66. The van der Waals surface area contributed by atoms with Crippen molar-refractivity contribution >= 4 is 5.69 Å². The Balaban J connectivity index is 2.25. The highest BCUT2D eigenvalue weighted by Crippen LogP contribution is 2.26. The van der Waals surface area contributed by atoms with Gasteiger partial charge >= 0.3 is 0 Å². The van der Waals surface area contributed by atoms with Crippen LogP contribution in [-0.4, -0.2) is 0 Å². The van der Waals surface area contributed by atoms with Gasteiger partial charge in [-0.2, -0.15) is 0 Å². The van der Waals surface area contributed by atoms with Gasteiger partial charge in [0.1, 0.15) is 5.76 Å². The number of hydrogen-bond acceptors (Lipinski definition) is 2. The fraction of sp³-hybridized carbons (Fsp3) is 0.333. The highest BCUT2D eigenvalue weighted by molar-refractivity contribution is 5.58. The lowest BCUT2D eigenvalue weighted by molar-refractivity contribution is 0.490. The fourth-order valence-electron chi connectivity index (χ4n) is 2.23. The van der Waals surface area contributed by atoms with Crippen molar-refractivity contribution in [2.75, 3.05) is 5.32 Å². The molecule has 0 aliphatic heterocycles. The van der Waals surface area contributed by atoms with Gasteiger partial charge in [0.05, 0.1) is 12.3 Å². The molecule has 2 nitrogen and oxygen atoms in total. The molecule has 0 bridgehead atoms. The molecular formula is C15H19NO. The number of aryl methyl sites for hydroxylation is 3. The van der Waals surface area contributed by atoms with Gasteiger partial charge in [0, 0.05) is 5.69 Å². The van der Waals surface area contributed by atoms with Crippen molar-refractivity contribution in [3.05, 3.63) is 53.0 Å². The van der Waals surface area contributed by atoms with Gasteiger partial charge in [-0.15, -0.1) is 0 Å². The van der Waals surface area contributed by atoms with Crippen molar-refractivity contribution < 1.29 is 4.42 Å². The highest BCUT2D eigenvalue weighted by atomic mass is 16.3. The maximum atomic E-state index is 5.41. The first-order chi connectivity index (χ1) is 8.08. The number of hydrogen-bond donors (Lipinski definition) is 1. The fourth-order valence-corrected chi connectivity index (χ4v) is 2.23. The molecule has 0 spiro atoms. The molecule has 0 saturated carbocycles. The van der Waals surface area contributed by atoms with Crippen LogP contribution in [0.1, 0.15) is 35.4 Å². The van der Waals surface area contributed by atoms with Gasteiger partial charge in [-0.05, 0) is 51.0 Å². The Morgan fingerprint density at radius 3 is 2.29 bits per heavy atom. The van der Waals surface area contributed by atoms with Crippen LogP contribution in [0.2, 0.25) is 0 Å². The van der Waals surface area contributed by atoms with E-state index in [1.165, 1.54) is 22.4 Å². The monoisotopic (exact) mass is 229 g/mol. The van der Waals surface area contributed by atoms with Gasteiger partial charge in [0.2, 0.25) is 0 Å². The minimum absolute atomic E-state index is 0.185. The summed E-state index contributed by atoms with van der Waals surface area (Å²) in [4.78, 5) is 0. The molecule has 0 aliphatic carbocycles. The SMILES string of the molecule is Cc1cc(C)c(NC(C)c2ccco2)c(C)c1. The van der Waals surface area contributed by atoms with Crippen LogP contribution in [0.3, 0.4) is 0 Å². The summed E-state index contributed by atoms with van der Waals surface area (Å²) in [7, 11) is 0. The number of nitrogens with one attached hydrogen (secondary N) is 1. The number of anilines is 1. The van der Waals surface area contributed by atoms with Gasteiger partial charge in [0.15, 0.2) is 0 Å². The maximum Gasteiger partial charge on any atom is 0.125 e. The lowest BCUT2D eigenvalue weighted by Gasteiger charge is -2.18. The van der Waals surface area contributed by atoms with E-state index < -0.39 is 0 Å². The summed E-state index contributed by atoms with van der Waals surface area (Å²) >= 11 is 0. The highest BCUT2D eigenvalue weighted by Gasteiger charge is 2.11. The van der Waals surface area contributed by atoms with E-state index in [0.717, 1.165) is 5.76 Å². The zero-order valence-corrected chi connectivity index (χ0v) is 10.9. The minimum Gasteiger partial charge on any atom is -0.467 e. The van der Waals surface area contributed by atoms with E-state index >= 15 is 0 Å². The Labute approximate surface area is 103 Å². The topological polar surface area (TPSA) is 25.2 Å². The van der Waals surface area contributed by atoms with E-state index in [-0.39, 0.29) is 6.04 Å². The summed E-state index contributed by atoms with van der Waals surface area (Å²) in [6.07, 6.45) is 1.71. The molecule has 2 rings (SSSR count). The normalized spacial score (nSPS) is 12.5. The van der Waals surface area contributed by atoms with Crippen molar-refractivity contribution in [2.45, 2.75) is 33.7 Å². The summed E-state index contributed by atoms with van der Waals surface area (Å²) in [5.41, 5.74) is 5.07. The lowest BCUT2D eigenvalue weighted by Crippen LogP contribution is -2.08. The molecule has 0 aliphatic rings. The van der Waals surface area contributed by atoms with Crippen molar-refractivity contribution in [3.8, 4) is 0 Å². The van der Waals surface area contributed by atoms with Crippen LogP contribution in [0.5, 0.6) is 0 Å². The maximum absolute atomic E-state index is 5.41. The molecule has 1 heterocycles. The molecular weight excluding hydrogens is 210 g/mol. The van der Waals surface area contributed by atoms with E-state index in [1.54, 1.807) is 6.26 Å². The van der Waals surface area contributed by atoms with Gasteiger partial charge in [0.25, 0.3) is 0 Å². The lowest BCUT2D eigenvalue weighted by atomic mass is 10.0. The van der Waals surface area contributed by atoms with Crippen LogP contribution in [0.25, 0.3) is 0 Å². The number of furan rings is 1. The van der Waals surface area contributed by atoms with Crippen LogP contribution in [0.4, 0.5) is 5.69 Å². The second-order valence-corrected chi connectivity index (χ2v) is 4.66. The first kappa shape index (κ1) is 11.8. The van der Waals surface area contributed by atoms with Gasteiger partial charge < -0.3 is 9.73 Å². The molecule has 17 heavy (non-hydrogen) atoms. The van der Waals surface area contributed by atoms with E-state index in [9.17, 15) is 0 Å². The zero-order valence-electron chi connectivity index (χ0n) is 10.9. The molecule has 0 fully saturated rings. The van der Waals surface area contributed by atoms with E-state index in [0.29, 0.717) is 0 Å². The second kappa shape index (κ2) is 4.66. The Kier molecular flexibility index (Phi) is 3.23. The summed E-state index contributed by atoms with van der Waals surface area (Å²) in [6, 6.07) is 8.50. The van der Waals surface area contributed by atoms with Gasteiger partial charge in [-0.25, -0.2) is 0 Å². The third-order valence-corrected chi connectivity index (χ3v) is 3.01. The van der Waals surface area contributed by atoms with Crippen LogP contribution in [0.15, 0.2) is 34.9 Å². The van der Waals surface area contributed by atoms with Gasteiger partial charge in [-0.1, -0.05) is 17.7 Å². The molecule has 1 aromatic heterocycles. The van der Waals surface area contributed by atoms with E-state index in [4.69, 9.17) is 4.42 Å². The number of benzene rings is 1. The molecule has 1 atom stereocenters. The Morgan fingerprint density at radius 1 is 1.12 bits per heavy atom. The molecule has 1 N–H and O–H groups in total. The zero-order chi connectivity index (χ0) is 12.4. The van der Waals surface area contributed by atoms with Gasteiger partial charge in [-0.3, -0.25) is 0 Å². The molecule has 0 radical (unpaired) electrons. The predicted octanol–water partition coefficient (Wildman–Crippen LogP) is 4.38. The number of rotatable bonds is 3. The molecule has 2 aromatic rings. The first-order valence-corrected chi connectivity index (χ1v) is 5.95. The van der Waals surface area contributed by atoms with Crippen molar-refractivity contribution in [1.29, 1.82) is 0 Å². The molecule has 0 saturated heterocycles. The molecule has 90 valence electrons. The quantitative estimate of drug-likeness (QED) is 0.845. The third-order valence-electron chi connectivity index (χ3n) is 3.01. The van der Waals surface area contributed by atoms with Crippen molar-refractivity contribution in [3.63, 3.8) is 0 Å². The molecule has 1 aromatic carbocycles. The van der Waals surface area contributed by atoms with Crippen molar-refractivity contribution in [2.24, 2.45) is 0 Å². The van der Waals surface area contributed by atoms with Crippen LogP contribution >= 0.6 is 0 Å². The minimum atomic E-state index is 0.185. The average Bonchev–Trinajstić information content (AvgIpc) is 2.76. The van der Waals surface area contributed by atoms with Crippen LogP contribution < -0.4 is 5.32 Å². The van der Waals surface area contributed by atoms with Crippen molar-refractivity contribution in [1.82, 2.24) is 0 Å². The Morgan fingerprint density at radius 2 is 1.76 bits per heavy atom. The Bertz CT molecular complexity index is 477. The smallest absolute Gasteiger partial charge is 0.125 e. The molecule has 0 amide bonds. The summed E-state index contributed by atoms with van der Waals surface area (Å²) in [5.74, 6) is 0.962. The van der Waals surface area contributed by atoms with Crippen LogP contribution in [-0.2, 0) is 0 Å². The van der Waals surface area contributed by atoms with Crippen LogP contribution in [0, 0.1) is 20.8 Å².